The van der Waals surface area contributed by atoms with Crippen molar-refractivity contribution in [2.75, 3.05) is 20.6 Å². The second-order valence-electron chi connectivity index (χ2n) is 3.57. The number of carbonyl (C=O) groups is 1. The van der Waals surface area contributed by atoms with Crippen LogP contribution < -0.4 is 4.72 Å². The Morgan fingerprint density at radius 1 is 1.41 bits per heavy atom. The molecule has 0 unspecified atom stereocenters. The minimum atomic E-state index is -3.64. The maximum absolute atomic E-state index is 11.8. The summed E-state index contributed by atoms with van der Waals surface area (Å²) in [7, 11) is -0.508. The van der Waals surface area contributed by atoms with Gasteiger partial charge in [-0.1, -0.05) is 22.0 Å². The van der Waals surface area contributed by atoms with Crippen molar-refractivity contribution >= 4 is 31.9 Å². The van der Waals surface area contributed by atoms with E-state index < -0.39 is 10.0 Å². The molecule has 0 aliphatic carbocycles. The molecule has 0 saturated heterocycles. The maximum atomic E-state index is 11.8. The summed E-state index contributed by atoms with van der Waals surface area (Å²) in [5.41, 5.74) is 0. The summed E-state index contributed by atoms with van der Waals surface area (Å²) in [6, 6.07) is 6.28. The van der Waals surface area contributed by atoms with Crippen molar-refractivity contribution in [1.82, 2.24) is 9.62 Å². The van der Waals surface area contributed by atoms with Gasteiger partial charge in [0.05, 0.1) is 11.4 Å². The molecule has 0 radical (unpaired) electrons. The lowest BCUT2D eigenvalue weighted by Gasteiger charge is -2.11. The molecule has 0 bridgehead atoms. The number of carbonyl (C=O) groups excluding carboxylic acids is 1. The quantitative estimate of drug-likeness (QED) is 0.893. The molecule has 0 aromatic heterocycles. The Morgan fingerprint density at radius 3 is 2.59 bits per heavy atom. The van der Waals surface area contributed by atoms with Gasteiger partial charge < -0.3 is 4.90 Å². The summed E-state index contributed by atoms with van der Waals surface area (Å²) >= 11 is 3.19. The van der Waals surface area contributed by atoms with Crippen molar-refractivity contribution in [1.29, 1.82) is 0 Å². The number of hydrogen-bond acceptors (Lipinski definition) is 3. The van der Waals surface area contributed by atoms with E-state index >= 15 is 0 Å². The molecule has 0 saturated carbocycles. The zero-order chi connectivity index (χ0) is 13.1. The number of likely N-dealkylation sites (N-methyl/N-ethyl adjacent to an activating group) is 1. The first kappa shape index (κ1) is 14.1. The Balaban J connectivity index is 2.80. The largest absolute Gasteiger partial charge is 0.348 e. The van der Waals surface area contributed by atoms with Crippen molar-refractivity contribution < 1.29 is 13.2 Å². The van der Waals surface area contributed by atoms with Crippen molar-refractivity contribution in [2.24, 2.45) is 0 Å². The average molecular weight is 321 g/mol. The lowest BCUT2D eigenvalue weighted by molar-refractivity contribution is -0.127. The summed E-state index contributed by atoms with van der Waals surface area (Å²) in [5.74, 6) is -0.302. The molecule has 0 fully saturated rings. The van der Waals surface area contributed by atoms with E-state index in [-0.39, 0.29) is 17.3 Å². The van der Waals surface area contributed by atoms with E-state index in [1.165, 1.54) is 17.0 Å². The molecule has 0 heterocycles. The van der Waals surface area contributed by atoms with Crippen molar-refractivity contribution in [2.45, 2.75) is 4.90 Å². The van der Waals surface area contributed by atoms with Crippen LogP contribution in [0.4, 0.5) is 0 Å². The van der Waals surface area contributed by atoms with Crippen LogP contribution in [0.3, 0.4) is 0 Å². The second-order valence-corrected chi connectivity index (χ2v) is 6.25. The van der Waals surface area contributed by atoms with Gasteiger partial charge in [-0.2, -0.15) is 0 Å². The minimum absolute atomic E-state index is 0.124. The van der Waals surface area contributed by atoms with E-state index in [1.54, 1.807) is 26.2 Å². The SMILES string of the molecule is CN(C)C(=O)CNS(=O)(=O)c1cccc(Br)c1. The molecule has 1 aromatic carbocycles. The van der Waals surface area contributed by atoms with E-state index in [2.05, 4.69) is 20.7 Å². The maximum Gasteiger partial charge on any atom is 0.241 e. The molecule has 0 spiro atoms. The van der Waals surface area contributed by atoms with E-state index in [9.17, 15) is 13.2 Å². The van der Waals surface area contributed by atoms with Gasteiger partial charge in [-0.05, 0) is 18.2 Å². The van der Waals surface area contributed by atoms with Gasteiger partial charge in [0.2, 0.25) is 15.9 Å². The van der Waals surface area contributed by atoms with E-state index in [0.717, 1.165) is 0 Å². The lowest BCUT2D eigenvalue weighted by Crippen LogP contribution is -2.36. The van der Waals surface area contributed by atoms with Gasteiger partial charge in [0.25, 0.3) is 0 Å². The molecular formula is C10H13BrN2O3S. The average Bonchev–Trinajstić information content (AvgIpc) is 2.26. The Morgan fingerprint density at radius 2 is 2.06 bits per heavy atom. The molecular weight excluding hydrogens is 308 g/mol. The van der Waals surface area contributed by atoms with Crippen LogP contribution >= 0.6 is 15.9 Å². The first-order valence-electron chi connectivity index (χ1n) is 4.78. The summed E-state index contributed by atoms with van der Waals surface area (Å²) in [4.78, 5) is 12.7. The predicted molar refractivity (Wildman–Crippen MR) is 68.0 cm³/mol. The normalized spacial score (nSPS) is 11.2. The fraction of sp³-hybridized carbons (Fsp3) is 0.300. The van der Waals surface area contributed by atoms with Gasteiger partial charge in [-0.25, -0.2) is 13.1 Å². The van der Waals surface area contributed by atoms with E-state index in [4.69, 9.17) is 0 Å². The Hall–Kier alpha value is -0.920. The molecule has 0 aliphatic heterocycles. The molecule has 0 aliphatic rings. The van der Waals surface area contributed by atoms with Crippen LogP contribution in [0.5, 0.6) is 0 Å². The number of sulfonamides is 1. The topological polar surface area (TPSA) is 66.5 Å². The standard InChI is InChI=1S/C10H13BrN2O3S/c1-13(2)10(14)7-12-17(15,16)9-5-3-4-8(11)6-9/h3-6,12H,7H2,1-2H3. The van der Waals surface area contributed by atoms with E-state index in [1.807, 2.05) is 0 Å². The van der Waals surface area contributed by atoms with Gasteiger partial charge in [0.1, 0.15) is 0 Å². The van der Waals surface area contributed by atoms with Crippen LogP contribution in [0.15, 0.2) is 33.6 Å². The third kappa shape index (κ3) is 4.10. The number of benzene rings is 1. The summed E-state index contributed by atoms with van der Waals surface area (Å²) in [6.45, 7) is -0.248. The van der Waals surface area contributed by atoms with Crippen LogP contribution in [0.2, 0.25) is 0 Å². The minimum Gasteiger partial charge on any atom is -0.348 e. The fourth-order valence-corrected chi connectivity index (χ4v) is 2.60. The highest BCUT2D eigenvalue weighted by molar-refractivity contribution is 9.10. The van der Waals surface area contributed by atoms with Gasteiger partial charge in [-0.15, -0.1) is 0 Å². The Kier molecular flexibility index (Phi) is 4.67. The Bertz CT molecular complexity index is 514. The van der Waals surface area contributed by atoms with Crippen LogP contribution in [0, 0.1) is 0 Å². The highest BCUT2D eigenvalue weighted by Gasteiger charge is 2.16. The lowest BCUT2D eigenvalue weighted by atomic mass is 10.4. The van der Waals surface area contributed by atoms with Crippen LogP contribution in [-0.2, 0) is 14.8 Å². The number of amides is 1. The Labute approximate surface area is 109 Å². The van der Waals surface area contributed by atoms with Gasteiger partial charge >= 0.3 is 0 Å². The first-order chi connectivity index (χ1) is 7.83. The first-order valence-corrected chi connectivity index (χ1v) is 7.06. The summed E-state index contributed by atoms with van der Waals surface area (Å²) in [6.07, 6.45) is 0. The smallest absolute Gasteiger partial charge is 0.241 e. The van der Waals surface area contributed by atoms with Crippen LogP contribution in [0.1, 0.15) is 0 Å². The van der Waals surface area contributed by atoms with Crippen LogP contribution in [0.25, 0.3) is 0 Å². The molecule has 17 heavy (non-hydrogen) atoms. The highest BCUT2D eigenvalue weighted by atomic mass is 79.9. The molecule has 1 N–H and O–H groups in total. The second kappa shape index (κ2) is 5.61. The number of rotatable bonds is 4. The monoisotopic (exact) mass is 320 g/mol. The van der Waals surface area contributed by atoms with Crippen molar-refractivity contribution in [3.8, 4) is 0 Å². The van der Waals surface area contributed by atoms with Crippen LogP contribution in [-0.4, -0.2) is 39.9 Å². The van der Waals surface area contributed by atoms with Crippen molar-refractivity contribution in [3.63, 3.8) is 0 Å². The van der Waals surface area contributed by atoms with Gasteiger partial charge in [0.15, 0.2) is 0 Å². The highest BCUT2D eigenvalue weighted by Crippen LogP contribution is 2.15. The number of nitrogens with zero attached hydrogens (tertiary/aromatic N) is 1. The summed E-state index contributed by atoms with van der Waals surface area (Å²) in [5, 5.41) is 0. The molecule has 1 rings (SSSR count). The van der Waals surface area contributed by atoms with E-state index in [0.29, 0.717) is 4.47 Å². The third-order valence-electron chi connectivity index (χ3n) is 2.02. The molecule has 1 amide bonds. The van der Waals surface area contributed by atoms with Gasteiger partial charge in [-0.3, -0.25) is 4.79 Å². The molecule has 5 nitrogen and oxygen atoms in total. The molecule has 0 atom stereocenters. The molecule has 1 aromatic rings. The number of halogens is 1. The number of hydrogen-bond donors (Lipinski definition) is 1. The zero-order valence-electron chi connectivity index (χ0n) is 9.47. The third-order valence-corrected chi connectivity index (χ3v) is 3.91. The predicted octanol–water partition coefficient (Wildman–Crippen LogP) is 0.816. The molecule has 94 valence electrons. The molecule has 7 heteroatoms. The van der Waals surface area contributed by atoms with Crippen molar-refractivity contribution in [3.05, 3.63) is 28.7 Å². The zero-order valence-corrected chi connectivity index (χ0v) is 11.9. The fourth-order valence-electron chi connectivity index (χ4n) is 1.03. The summed E-state index contributed by atoms with van der Waals surface area (Å²) < 4.78 is 26.5. The van der Waals surface area contributed by atoms with Gasteiger partial charge in [0, 0.05) is 18.6 Å². The number of nitrogens with one attached hydrogen (secondary N) is 1.